The summed E-state index contributed by atoms with van der Waals surface area (Å²) in [6.07, 6.45) is 0.642. The van der Waals surface area contributed by atoms with Crippen LogP contribution in [0.2, 0.25) is 0 Å². The first-order chi connectivity index (χ1) is 15.4. The Morgan fingerprint density at radius 2 is 1.62 bits per heavy atom. The Balaban J connectivity index is 1.40. The van der Waals surface area contributed by atoms with Gasteiger partial charge in [-0.1, -0.05) is 0 Å². The van der Waals surface area contributed by atoms with Crippen molar-refractivity contribution >= 4 is 26.5 Å². The van der Waals surface area contributed by atoms with Crippen molar-refractivity contribution in [1.29, 1.82) is 0 Å². The molecule has 0 spiro atoms. The highest BCUT2D eigenvalue weighted by atomic mass is 32.2. The number of anilines is 1. The van der Waals surface area contributed by atoms with Gasteiger partial charge in [0.05, 0.1) is 24.8 Å². The number of methoxy groups -OCH3 is 2. The van der Waals surface area contributed by atoms with Gasteiger partial charge < -0.3 is 14.4 Å². The molecule has 2 heterocycles. The maximum Gasteiger partial charge on any atom is 0.243 e. The Morgan fingerprint density at radius 1 is 1.00 bits per heavy atom. The third-order valence-corrected chi connectivity index (χ3v) is 8.16. The van der Waals surface area contributed by atoms with E-state index in [9.17, 15) is 12.8 Å². The molecule has 1 aliphatic rings. The van der Waals surface area contributed by atoms with Crippen LogP contribution >= 0.6 is 11.3 Å². The van der Waals surface area contributed by atoms with Crippen molar-refractivity contribution in [3.63, 3.8) is 0 Å². The molecule has 1 fully saturated rings. The molecule has 0 unspecified atom stereocenters. The van der Waals surface area contributed by atoms with Crippen LogP contribution in [0.1, 0.15) is 11.3 Å². The number of thiazole rings is 1. The van der Waals surface area contributed by atoms with E-state index in [0.717, 1.165) is 40.0 Å². The van der Waals surface area contributed by atoms with Crippen molar-refractivity contribution in [2.45, 2.75) is 11.3 Å². The zero-order chi connectivity index (χ0) is 22.7. The lowest BCUT2D eigenvalue weighted by Gasteiger charge is -2.33. The van der Waals surface area contributed by atoms with E-state index in [1.807, 2.05) is 23.6 Å². The molecule has 7 nitrogen and oxygen atoms in total. The molecule has 1 aromatic heterocycles. The third-order valence-electron chi connectivity index (χ3n) is 5.30. The highest BCUT2D eigenvalue weighted by Gasteiger charge is 2.29. The molecule has 10 heteroatoms. The van der Waals surface area contributed by atoms with Crippen LogP contribution in [0.3, 0.4) is 0 Å². The van der Waals surface area contributed by atoms with Crippen LogP contribution in [0.4, 0.5) is 9.52 Å². The first-order valence-electron chi connectivity index (χ1n) is 10.1. The van der Waals surface area contributed by atoms with E-state index in [2.05, 4.69) is 4.90 Å². The predicted octanol–water partition coefficient (Wildman–Crippen LogP) is 3.40. The van der Waals surface area contributed by atoms with E-state index >= 15 is 0 Å². The van der Waals surface area contributed by atoms with Crippen LogP contribution < -0.4 is 14.4 Å². The van der Waals surface area contributed by atoms with Crippen molar-refractivity contribution in [2.24, 2.45) is 0 Å². The largest absolute Gasteiger partial charge is 0.497 e. The molecule has 4 rings (SSSR count). The topological polar surface area (TPSA) is 72.0 Å². The van der Waals surface area contributed by atoms with Gasteiger partial charge in [-0.15, -0.1) is 11.3 Å². The Hall–Kier alpha value is -2.69. The molecule has 0 radical (unpaired) electrons. The minimum Gasteiger partial charge on any atom is -0.497 e. The summed E-state index contributed by atoms with van der Waals surface area (Å²) in [5.41, 5.74) is 1.97. The SMILES string of the molecule is COc1cc(Cc2csc(N3CCN(S(=O)(=O)c4ccc(F)cc4)CC3)n2)cc(OC)c1. The summed E-state index contributed by atoms with van der Waals surface area (Å²) in [7, 11) is -0.393. The summed E-state index contributed by atoms with van der Waals surface area (Å²) in [4.78, 5) is 6.95. The minimum atomic E-state index is -3.63. The van der Waals surface area contributed by atoms with Crippen LogP contribution in [0, 0.1) is 5.82 Å². The Bertz CT molecular complexity index is 1150. The molecule has 32 heavy (non-hydrogen) atoms. The van der Waals surface area contributed by atoms with E-state index in [4.69, 9.17) is 14.5 Å². The van der Waals surface area contributed by atoms with Crippen LogP contribution in [0.5, 0.6) is 11.5 Å². The first-order valence-corrected chi connectivity index (χ1v) is 12.4. The highest BCUT2D eigenvalue weighted by Crippen LogP contribution is 2.28. The quantitative estimate of drug-likeness (QED) is 0.520. The molecule has 170 valence electrons. The number of benzene rings is 2. The molecule has 0 N–H and O–H groups in total. The van der Waals surface area contributed by atoms with Gasteiger partial charge >= 0.3 is 0 Å². The fraction of sp³-hybridized carbons (Fsp3) is 0.318. The lowest BCUT2D eigenvalue weighted by atomic mass is 10.1. The number of ether oxygens (including phenoxy) is 2. The summed E-state index contributed by atoms with van der Waals surface area (Å²) < 4.78 is 50.9. The smallest absolute Gasteiger partial charge is 0.243 e. The fourth-order valence-electron chi connectivity index (χ4n) is 3.58. The predicted molar refractivity (Wildman–Crippen MR) is 122 cm³/mol. The molecule has 0 saturated carbocycles. The molecular weight excluding hydrogens is 453 g/mol. The number of piperazine rings is 1. The summed E-state index contributed by atoms with van der Waals surface area (Å²) >= 11 is 1.54. The van der Waals surface area contributed by atoms with E-state index in [1.165, 1.54) is 16.4 Å². The molecule has 3 aromatic rings. The highest BCUT2D eigenvalue weighted by molar-refractivity contribution is 7.89. The maximum atomic E-state index is 13.1. The van der Waals surface area contributed by atoms with Gasteiger partial charge in [0.2, 0.25) is 10.0 Å². The fourth-order valence-corrected chi connectivity index (χ4v) is 5.88. The summed E-state index contributed by atoms with van der Waals surface area (Å²) in [5, 5.41) is 2.89. The van der Waals surface area contributed by atoms with Crippen molar-refractivity contribution in [3.8, 4) is 11.5 Å². The van der Waals surface area contributed by atoms with Crippen LogP contribution in [0.15, 0.2) is 52.7 Å². The van der Waals surface area contributed by atoms with Crippen molar-refractivity contribution < 1.29 is 22.3 Å². The number of halogens is 1. The molecule has 1 aliphatic heterocycles. The average molecular weight is 478 g/mol. The standard InChI is InChI=1S/C22H24FN3O4S2/c1-29-19-12-16(13-20(14-19)30-2)11-18-15-31-22(24-18)25-7-9-26(10-8-25)32(27,28)21-5-3-17(23)4-6-21/h3-6,12-15H,7-11H2,1-2H3. The number of hydrogen-bond donors (Lipinski definition) is 0. The van der Waals surface area contributed by atoms with E-state index in [-0.39, 0.29) is 4.90 Å². The third kappa shape index (κ3) is 4.87. The summed E-state index contributed by atoms with van der Waals surface area (Å²) in [6, 6.07) is 10.7. The monoisotopic (exact) mass is 477 g/mol. The second-order valence-corrected chi connectivity index (χ2v) is 10.1. The zero-order valence-corrected chi connectivity index (χ0v) is 19.5. The van der Waals surface area contributed by atoms with Crippen LogP contribution in [-0.2, 0) is 16.4 Å². The van der Waals surface area contributed by atoms with Gasteiger partial charge in [0, 0.05) is 44.0 Å². The second kappa shape index (κ2) is 9.43. The lowest BCUT2D eigenvalue weighted by molar-refractivity contribution is 0.384. The van der Waals surface area contributed by atoms with E-state index in [0.29, 0.717) is 32.6 Å². The molecule has 1 saturated heterocycles. The van der Waals surface area contributed by atoms with Crippen molar-refractivity contribution in [2.75, 3.05) is 45.3 Å². The Labute approximate surface area is 191 Å². The van der Waals surface area contributed by atoms with Gasteiger partial charge in [-0.25, -0.2) is 17.8 Å². The van der Waals surface area contributed by atoms with Gasteiger partial charge in [0.25, 0.3) is 0 Å². The van der Waals surface area contributed by atoms with Gasteiger partial charge in [-0.05, 0) is 42.0 Å². The number of nitrogens with zero attached hydrogens (tertiary/aromatic N) is 3. The summed E-state index contributed by atoms with van der Waals surface area (Å²) in [6.45, 7) is 1.78. The molecule has 0 aliphatic carbocycles. The van der Waals surface area contributed by atoms with Crippen molar-refractivity contribution in [1.82, 2.24) is 9.29 Å². The zero-order valence-electron chi connectivity index (χ0n) is 17.8. The van der Waals surface area contributed by atoms with Gasteiger partial charge in [0.15, 0.2) is 5.13 Å². The van der Waals surface area contributed by atoms with Crippen molar-refractivity contribution in [3.05, 3.63) is 64.9 Å². The number of rotatable bonds is 7. The van der Waals surface area contributed by atoms with Gasteiger partial charge in [0.1, 0.15) is 17.3 Å². The van der Waals surface area contributed by atoms with Gasteiger partial charge in [-0.3, -0.25) is 0 Å². The minimum absolute atomic E-state index is 0.109. The van der Waals surface area contributed by atoms with Gasteiger partial charge in [-0.2, -0.15) is 4.31 Å². The normalized spacial score (nSPS) is 15.0. The summed E-state index contributed by atoms with van der Waals surface area (Å²) in [5.74, 6) is 1.00. The average Bonchev–Trinajstić information content (AvgIpc) is 3.27. The number of aromatic nitrogens is 1. The first kappa shape index (κ1) is 22.5. The lowest BCUT2D eigenvalue weighted by Crippen LogP contribution is -2.48. The number of sulfonamides is 1. The maximum absolute atomic E-state index is 13.1. The molecule has 0 amide bonds. The van der Waals surface area contributed by atoms with E-state index < -0.39 is 15.8 Å². The Kier molecular flexibility index (Phi) is 6.63. The molecule has 0 atom stereocenters. The van der Waals surface area contributed by atoms with Crippen LogP contribution in [-0.4, -0.2) is 58.1 Å². The van der Waals surface area contributed by atoms with E-state index in [1.54, 1.807) is 25.6 Å². The Morgan fingerprint density at radius 3 is 2.22 bits per heavy atom. The molecule has 0 bridgehead atoms. The molecule has 2 aromatic carbocycles. The molecular formula is C22H24FN3O4S2. The second-order valence-electron chi connectivity index (χ2n) is 7.36. The van der Waals surface area contributed by atoms with Crippen LogP contribution in [0.25, 0.3) is 0 Å². The number of hydrogen-bond acceptors (Lipinski definition) is 7.